The van der Waals surface area contributed by atoms with Crippen LogP contribution in [0.1, 0.15) is 30.3 Å². The molecular formula is C29H23N3O3S2. The fraction of sp³-hybridized carbons (Fsp3) is 0.138. The first-order valence-electron chi connectivity index (χ1n) is 12.0. The molecule has 0 radical (unpaired) electrons. The van der Waals surface area contributed by atoms with Gasteiger partial charge in [0.25, 0.3) is 5.56 Å². The van der Waals surface area contributed by atoms with E-state index in [0.29, 0.717) is 20.6 Å². The van der Waals surface area contributed by atoms with Crippen molar-refractivity contribution in [2.24, 2.45) is 4.99 Å². The number of carbonyl (C=O) groups excluding carboxylic acids is 1. The second kappa shape index (κ2) is 9.46. The van der Waals surface area contributed by atoms with Crippen molar-refractivity contribution in [3.8, 4) is 11.3 Å². The number of hydrogen-bond acceptors (Lipinski definition) is 6. The number of esters is 1. The standard InChI is InChI=1S/C29H23N3O3S2/c1-3-35-28(34)24-17(2)30-29-32(26(24)22-14-9-15-36-22)27(33)23(37-29)16-20-19-12-7-8-13-21(19)31-25(20)18-10-5-4-6-11-18/h4-16,26,31H,3H2,1-2H3/b23-16+/t26-/m0/s1. The SMILES string of the molecule is CCOC(=O)C1=C(C)N=c2s/c(=C/c3c(-c4ccccc4)[nH]c4ccccc34)c(=O)n2[C@H]1c1cccs1. The number of aromatic nitrogens is 2. The molecule has 8 heteroatoms. The van der Waals surface area contributed by atoms with Crippen molar-refractivity contribution in [3.05, 3.63) is 114 Å². The van der Waals surface area contributed by atoms with Crippen LogP contribution in [-0.4, -0.2) is 22.1 Å². The van der Waals surface area contributed by atoms with Crippen molar-refractivity contribution in [2.45, 2.75) is 19.9 Å². The van der Waals surface area contributed by atoms with Gasteiger partial charge in [-0.05, 0) is 43.0 Å². The number of nitrogens with one attached hydrogen (secondary N) is 1. The zero-order valence-electron chi connectivity index (χ0n) is 20.2. The van der Waals surface area contributed by atoms with E-state index in [0.717, 1.165) is 32.6 Å². The summed E-state index contributed by atoms with van der Waals surface area (Å²) in [4.78, 5) is 36.6. The first-order valence-corrected chi connectivity index (χ1v) is 13.7. The first-order chi connectivity index (χ1) is 18.1. The summed E-state index contributed by atoms with van der Waals surface area (Å²) < 4.78 is 7.56. The number of thiophene rings is 1. The van der Waals surface area contributed by atoms with Crippen LogP contribution >= 0.6 is 22.7 Å². The number of H-pyrrole nitrogens is 1. The molecule has 37 heavy (non-hydrogen) atoms. The smallest absolute Gasteiger partial charge is 0.338 e. The Morgan fingerprint density at radius 3 is 2.65 bits per heavy atom. The quantitative estimate of drug-likeness (QED) is 0.328. The lowest BCUT2D eigenvalue weighted by molar-refractivity contribution is -0.139. The number of hydrogen-bond donors (Lipinski definition) is 1. The Bertz CT molecular complexity index is 1840. The minimum atomic E-state index is -0.575. The Labute approximate surface area is 220 Å². The van der Waals surface area contributed by atoms with Crippen molar-refractivity contribution < 1.29 is 9.53 Å². The molecule has 1 aliphatic heterocycles. The lowest BCUT2D eigenvalue weighted by Gasteiger charge is -2.23. The van der Waals surface area contributed by atoms with Crippen molar-refractivity contribution in [2.75, 3.05) is 6.61 Å². The van der Waals surface area contributed by atoms with Crippen molar-refractivity contribution in [3.63, 3.8) is 0 Å². The summed E-state index contributed by atoms with van der Waals surface area (Å²) in [6, 6.07) is 21.5. The van der Waals surface area contributed by atoms with Crippen molar-refractivity contribution >= 4 is 45.6 Å². The second-order valence-electron chi connectivity index (χ2n) is 8.64. The number of rotatable bonds is 5. The molecule has 6 rings (SSSR count). The predicted molar refractivity (Wildman–Crippen MR) is 148 cm³/mol. The van der Waals surface area contributed by atoms with Crippen LogP contribution in [0.4, 0.5) is 0 Å². The Morgan fingerprint density at radius 1 is 1.11 bits per heavy atom. The number of fused-ring (bicyclic) bond motifs is 2. The third-order valence-corrected chi connectivity index (χ3v) is 8.32. The van der Waals surface area contributed by atoms with Gasteiger partial charge in [0.05, 0.1) is 28.1 Å². The van der Waals surface area contributed by atoms with Crippen LogP contribution in [0.2, 0.25) is 0 Å². The number of thiazole rings is 1. The van der Waals surface area contributed by atoms with Crippen LogP contribution in [0, 0.1) is 0 Å². The van der Waals surface area contributed by atoms with Gasteiger partial charge in [0, 0.05) is 21.3 Å². The zero-order chi connectivity index (χ0) is 25.5. The van der Waals surface area contributed by atoms with Gasteiger partial charge in [-0.1, -0.05) is 65.9 Å². The molecule has 0 fully saturated rings. The number of ether oxygens (including phenoxy) is 1. The fourth-order valence-electron chi connectivity index (χ4n) is 4.78. The number of nitrogens with zero attached hydrogens (tertiary/aromatic N) is 2. The van der Waals surface area contributed by atoms with E-state index in [1.54, 1.807) is 18.4 Å². The molecule has 0 amide bonds. The van der Waals surface area contributed by atoms with Crippen LogP contribution in [-0.2, 0) is 9.53 Å². The predicted octanol–water partition coefficient (Wildman–Crippen LogP) is 5.01. The summed E-state index contributed by atoms with van der Waals surface area (Å²) >= 11 is 2.84. The van der Waals surface area contributed by atoms with Gasteiger partial charge in [0.15, 0.2) is 4.80 Å². The van der Waals surface area contributed by atoms with E-state index in [-0.39, 0.29) is 12.2 Å². The summed E-state index contributed by atoms with van der Waals surface area (Å²) in [5.41, 5.74) is 4.72. The van der Waals surface area contributed by atoms with E-state index in [4.69, 9.17) is 4.74 Å². The molecule has 6 nitrogen and oxygen atoms in total. The van der Waals surface area contributed by atoms with Gasteiger partial charge in [-0.3, -0.25) is 9.36 Å². The number of carbonyl (C=O) groups is 1. The molecule has 0 aliphatic carbocycles. The van der Waals surface area contributed by atoms with Crippen molar-refractivity contribution in [1.29, 1.82) is 0 Å². The molecule has 1 aliphatic rings. The van der Waals surface area contributed by atoms with Gasteiger partial charge in [0.1, 0.15) is 6.04 Å². The summed E-state index contributed by atoms with van der Waals surface area (Å²) in [5.74, 6) is -0.445. The molecule has 0 bridgehead atoms. The first kappa shape index (κ1) is 23.4. The molecule has 184 valence electrons. The summed E-state index contributed by atoms with van der Waals surface area (Å²) in [6.07, 6.45) is 1.94. The highest BCUT2D eigenvalue weighted by molar-refractivity contribution is 7.10. The van der Waals surface area contributed by atoms with E-state index >= 15 is 0 Å². The maximum Gasteiger partial charge on any atom is 0.338 e. The van der Waals surface area contributed by atoms with Gasteiger partial charge < -0.3 is 9.72 Å². The zero-order valence-corrected chi connectivity index (χ0v) is 21.9. The fourth-order valence-corrected chi connectivity index (χ4v) is 6.64. The molecule has 0 unspecified atom stereocenters. The van der Waals surface area contributed by atoms with E-state index < -0.39 is 12.0 Å². The van der Waals surface area contributed by atoms with Gasteiger partial charge in [-0.15, -0.1) is 11.3 Å². The number of aromatic amines is 1. The van der Waals surface area contributed by atoms with E-state index in [9.17, 15) is 9.59 Å². The van der Waals surface area contributed by atoms with Crippen LogP contribution in [0.5, 0.6) is 0 Å². The number of benzene rings is 2. The van der Waals surface area contributed by atoms with Gasteiger partial charge >= 0.3 is 5.97 Å². The minimum absolute atomic E-state index is 0.180. The lowest BCUT2D eigenvalue weighted by Crippen LogP contribution is -2.39. The summed E-state index contributed by atoms with van der Waals surface area (Å²) in [5, 5.41) is 2.98. The highest BCUT2D eigenvalue weighted by Crippen LogP contribution is 2.34. The largest absolute Gasteiger partial charge is 0.463 e. The number of allylic oxidation sites excluding steroid dienone is 1. The maximum absolute atomic E-state index is 14.0. The van der Waals surface area contributed by atoms with Crippen LogP contribution in [0.3, 0.4) is 0 Å². The maximum atomic E-state index is 14.0. The highest BCUT2D eigenvalue weighted by Gasteiger charge is 2.34. The van der Waals surface area contributed by atoms with Crippen LogP contribution < -0.4 is 14.9 Å². The third-order valence-electron chi connectivity index (χ3n) is 6.41. The Hall–Kier alpha value is -4.01. The molecule has 0 saturated heterocycles. The summed E-state index contributed by atoms with van der Waals surface area (Å²) in [6.45, 7) is 3.83. The monoisotopic (exact) mass is 525 g/mol. The van der Waals surface area contributed by atoms with E-state index in [2.05, 4.69) is 28.2 Å². The Morgan fingerprint density at radius 2 is 1.89 bits per heavy atom. The molecule has 1 N–H and O–H groups in total. The number of para-hydroxylation sites is 1. The van der Waals surface area contributed by atoms with E-state index in [1.807, 2.05) is 60.0 Å². The Kier molecular flexibility index (Phi) is 5.98. The van der Waals surface area contributed by atoms with E-state index in [1.165, 1.54) is 22.7 Å². The normalized spacial score (nSPS) is 15.6. The molecule has 0 saturated carbocycles. The topological polar surface area (TPSA) is 76.4 Å². The summed E-state index contributed by atoms with van der Waals surface area (Å²) in [7, 11) is 0. The third kappa shape index (κ3) is 3.98. The lowest BCUT2D eigenvalue weighted by atomic mass is 10.0. The highest BCUT2D eigenvalue weighted by atomic mass is 32.1. The molecule has 2 aromatic carbocycles. The molecule has 4 heterocycles. The average molecular weight is 526 g/mol. The Balaban J connectivity index is 1.60. The minimum Gasteiger partial charge on any atom is -0.463 e. The average Bonchev–Trinajstić information content (AvgIpc) is 3.63. The second-order valence-corrected chi connectivity index (χ2v) is 10.6. The van der Waals surface area contributed by atoms with Crippen LogP contribution in [0.25, 0.3) is 28.2 Å². The van der Waals surface area contributed by atoms with Crippen LogP contribution in [0.15, 0.2) is 93.2 Å². The molecule has 1 atom stereocenters. The van der Waals surface area contributed by atoms with Gasteiger partial charge in [-0.25, -0.2) is 9.79 Å². The molecule has 3 aromatic heterocycles. The van der Waals surface area contributed by atoms with Gasteiger partial charge in [-0.2, -0.15) is 0 Å². The molecule has 0 spiro atoms. The van der Waals surface area contributed by atoms with Gasteiger partial charge in [0.2, 0.25) is 0 Å². The van der Waals surface area contributed by atoms with Crippen molar-refractivity contribution in [1.82, 2.24) is 9.55 Å². The molecular weight excluding hydrogens is 502 g/mol. The molecule has 5 aromatic rings.